The van der Waals surface area contributed by atoms with E-state index in [0.717, 1.165) is 65.3 Å². The Balaban J connectivity index is 1.53. The molecule has 112 valence electrons. The molecule has 19 heavy (non-hydrogen) atoms. The lowest BCUT2D eigenvalue weighted by Crippen LogP contribution is -2.47. The van der Waals surface area contributed by atoms with Crippen LogP contribution in [0.4, 0.5) is 0 Å². The molecule has 2 heterocycles. The number of hydrogen-bond donors (Lipinski definition) is 1. The highest BCUT2D eigenvalue weighted by atomic mass is 16.6. The van der Waals surface area contributed by atoms with Crippen LogP contribution in [0, 0.1) is 0 Å². The Morgan fingerprint density at radius 3 is 2.95 bits per heavy atom. The largest absolute Gasteiger partial charge is 0.381 e. The quantitative estimate of drug-likeness (QED) is 0.687. The number of rotatable bonds is 8. The van der Waals surface area contributed by atoms with Gasteiger partial charge in [-0.15, -0.1) is 0 Å². The van der Waals surface area contributed by atoms with E-state index in [0.29, 0.717) is 6.04 Å². The fraction of sp³-hybridized carbons (Fsp3) is 1.00. The molecule has 0 saturated carbocycles. The zero-order valence-corrected chi connectivity index (χ0v) is 12.3. The Hall–Kier alpha value is -0.160. The minimum atomic E-state index is 0.0214. The third-order valence-electron chi connectivity index (χ3n) is 4.10. The van der Waals surface area contributed by atoms with Crippen molar-refractivity contribution in [3.8, 4) is 0 Å². The predicted molar refractivity (Wildman–Crippen MR) is 75.5 cm³/mol. The van der Waals surface area contributed by atoms with Gasteiger partial charge in [0.1, 0.15) is 0 Å². The van der Waals surface area contributed by atoms with Crippen molar-refractivity contribution >= 4 is 0 Å². The number of unbranched alkanes of at least 4 members (excludes halogenated alkanes) is 1. The number of hydrogen-bond acceptors (Lipinski definition) is 4. The predicted octanol–water partition coefficient (Wildman–Crippen LogP) is 2.12. The summed E-state index contributed by atoms with van der Waals surface area (Å²) in [7, 11) is 0. The molecule has 4 heteroatoms. The van der Waals surface area contributed by atoms with Gasteiger partial charge in [0.15, 0.2) is 0 Å². The van der Waals surface area contributed by atoms with Crippen molar-refractivity contribution in [1.29, 1.82) is 0 Å². The highest BCUT2D eigenvalue weighted by Crippen LogP contribution is 2.32. The van der Waals surface area contributed by atoms with Crippen molar-refractivity contribution in [3.63, 3.8) is 0 Å². The van der Waals surface area contributed by atoms with E-state index in [4.69, 9.17) is 14.2 Å². The zero-order chi connectivity index (χ0) is 13.4. The van der Waals surface area contributed by atoms with Gasteiger partial charge in [-0.3, -0.25) is 0 Å². The Bertz CT molecular complexity index is 242. The van der Waals surface area contributed by atoms with Crippen molar-refractivity contribution in [1.82, 2.24) is 5.32 Å². The van der Waals surface area contributed by atoms with Gasteiger partial charge in [-0.1, -0.05) is 13.3 Å². The van der Waals surface area contributed by atoms with E-state index < -0.39 is 0 Å². The van der Waals surface area contributed by atoms with E-state index in [2.05, 4.69) is 12.2 Å². The number of ether oxygens (including phenoxy) is 3. The standard InChI is InChI=1S/C15H29NO3/c1-2-3-8-17-9-4-7-16-14-5-10-19-15(12-14)6-11-18-13-15/h14,16H,2-13H2,1H3. The average molecular weight is 271 g/mol. The van der Waals surface area contributed by atoms with Gasteiger partial charge < -0.3 is 19.5 Å². The molecule has 0 aliphatic carbocycles. The smallest absolute Gasteiger partial charge is 0.0951 e. The van der Waals surface area contributed by atoms with Gasteiger partial charge in [0.2, 0.25) is 0 Å². The second kappa shape index (κ2) is 8.20. The van der Waals surface area contributed by atoms with Crippen molar-refractivity contribution in [2.75, 3.05) is 39.6 Å². The monoisotopic (exact) mass is 271 g/mol. The Kier molecular flexibility index (Phi) is 6.57. The lowest BCUT2D eigenvalue weighted by Gasteiger charge is -2.37. The summed E-state index contributed by atoms with van der Waals surface area (Å²) in [5, 5.41) is 3.65. The zero-order valence-electron chi connectivity index (χ0n) is 12.3. The molecule has 2 saturated heterocycles. The van der Waals surface area contributed by atoms with Gasteiger partial charge in [-0.25, -0.2) is 0 Å². The first-order valence-corrected chi connectivity index (χ1v) is 7.87. The van der Waals surface area contributed by atoms with Gasteiger partial charge >= 0.3 is 0 Å². The van der Waals surface area contributed by atoms with E-state index >= 15 is 0 Å². The summed E-state index contributed by atoms with van der Waals surface area (Å²) >= 11 is 0. The summed E-state index contributed by atoms with van der Waals surface area (Å²) in [6, 6.07) is 0.589. The third kappa shape index (κ3) is 5.03. The second-order valence-electron chi connectivity index (χ2n) is 5.80. The lowest BCUT2D eigenvalue weighted by atomic mass is 9.89. The number of nitrogens with one attached hydrogen (secondary N) is 1. The molecule has 4 nitrogen and oxygen atoms in total. The van der Waals surface area contributed by atoms with Crippen molar-refractivity contribution in [2.24, 2.45) is 0 Å². The van der Waals surface area contributed by atoms with Crippen LogP contribution in [-0.2, 0) is 14.2 Å². The Morgan fingerprint density at radius 1 is 1.26 bits per heavy atom. The topological polar surface area (TPSA) is 39.7 Å². The van der Waals surface area contributed by atoms with E-state index in [9.17, 15) is 0 Å². The highest BCUT2D eigenvalue weighted by Gasteiger charge is 2.40. The lowest BCUT2D eigenvalue weighted by molar-refractivity contribution is -0.0893. The molecular weight excluding hydrogens is 242 g/mol. The molecule has 2 aliphatic rings. The maximum absolute atomic E-state index is 5.94. The van der Waals surface area contributed by atoms with E-state index in [1.165, 1.54) is 12.8 Å². The van der Waals surface area contributed by atoms with Crippen LogP contribution in [0.15, 0.2) is 0 Å². The summed E-state index contributed by atoms with van der Waals surface area (Å²) in [6.07, 6.45) is 6.78. The first-order chi connectivity index (χ1) is 9.35. The molecule has 2 rings (SSSR count). The molecule has 1 spiro atoms. The fourth-order valence-corrected chi connectivity index (χ4v) is 2.89. The molecule has 1 N–H and O–H groups in total. The maximum Gasteiger partial charge on any atom is 0.0951 e. The minimum absolute atomic E-state index is 0.0214. The first-order valence-electron chi connectivity index (χ1n) is 7.87. The van der Waals surface area contributed by atoms with E-state index in [1.807, 2.05) is 0 Å². The SMILES string of the molecule is CCCCOCCCNC1CCOC2(CCOC2)C1. The van der Waals surface area contributed by atoms with Crippen LogP contribution >= 0.6 is 0 Å². The van der Waals surface area contributed by atoms with Gasteiger partial charge in [0, 0.05) is 38.9 Å². The van der Waals surface area contributed by atoms with Crippen LogP contribution in [0.3, 0.4) is 0 Å². The van der Waals surface area contributed by atoms with Crippen LogP contribution < -0.4 is 5.32 Å². The van der Waals surface area contributed by atoms with E-state index in [-0.39, 0.29) is 5.60 Å². The molecule has 2 fully saturated rings. The fourth-order valence-electron chi connectivity index (χ4n) is 2.89. The highest BCUT2D eigenvalue weighted by molar-refractivity contribution is 4.92. The Morgan fingerprint density at radius 2 is 2.16 bits per heavy atom. The molecule has 0 amide bonds. The second-order valence-corrected chi connectivity index (χ2v) is 5.80. The van der Waals surface area contributed by atoms with Crippen molar-refractivity contribution < 1.29 is 14.2 Å². The molecule has 2 aliphatic heterocycles. The van der Waals surface area contributed by atoms with Gasteiger partial charge in [0.05, 0.1) is 12.2 Å². The average Bonchev–Trinajstić information content (AvgIpc) is 2.86. The summed E-state index contributed by atoms with van der Waals surface area (Å²) in [5.74, 6) is 0. The third-order valence-corrected chi connectivity index (χ3v) is 4.10. The van der Waals surface area contributed by atoms with Crippen molar-refractivity contribution in [3.05, 3.63) is 0 Å². The minimum Gasteiger partial charge on any atom is -0.381 e. The van der Waals surface area contributed by atoms with Crippen LogP contribution in [0.25, 0.3) is 0 Å². The maximum atomic E-state index is 5.94. The normalized spacial score (nSPS) is 31.1. The summed E-state index contributed by atoms with van der Waals surface area (Å²) in [4.78, 5) is 0. The van der Waals surface area contributed by atoms with Crippen LogP contribution in [0.1, 0.15) is 45.4 Å². The molecule has 2 unspecified atom stereocenters. The van der Waals surface area contributed by atoms with Gasteiger partial charge in [-0.05, 0) is 32.2 Å². The molecular formula is C15H29NO3. The molecule has 0 aromatic carbocycles. The van der Waals surface area contributed by atoms with Gasteiger partial charge in [0.25, 0.3) is 0 Å². The first kappa shape index (κ1) is 15.2. The van der Waals surface area contributed by atoms with Crippen LogP contribution in [0.5, 0.6) is 0 Å². The van der Waals surface area contributed by atoms with Crippen molar-refractivity contribution in [2.45, 2.75) is 57.1 Å². The Labute approximate surface area is 117 Å². The van der Waals surface area contributed by atoms with Gasteiger partial charge in [-0.2, -0.15) is 0 Å². The molecule has 0 radical (unpaired) electrons. The molecule has 0 aromatic rings. The van der Waals surface area contributed by atoms with Crippen LogP contribution in [-0.4, -0.2) is 51.2 Å². The molecule has 2 atom stereocenters. The van der Waals surface area contributed by atoms with Crippen LogP contribution in [0.2, 0.25) is 0 Å². The summed E-state index contributed by atoms with van der Waals surface area (Å²) < 4.78 is 17.0. The van der Waals surface area contributed by atoms with E-state index in [1.54, 1.807) is 0 Å². The summed E-state index contributed by atoms with van der Waals surface area (Å²) in [5.41, 5.74) is 0.0214. The molecule has 0 aromatic heterocycles. The molecule has 0 bridgehead atoms. The summed E-state index contributed by atoms with van der Waals surface area (Å²) in [6.45, 7) is 7.54.